The monoisotopic (exact) mass is 624 g/mol. The minimum absolute atomic E-state index is 0.0120. The Hall–Kier alpha value is -3.19. The van der Waals surface area contributed by atoms with E-state index in [1.54, 1.807) is 25.1 Å². The number of hydrogen-bond acceptors (Lipinski definition) is 7. The zero-order valence-electron chi connectivity index (χ0n) is 24.6. The third kappa shape index (κ3) is 7.86. The maximum absolute atomic E-state index is 13.3. The van der Waals surface area contributed by atoms with Crippen LogP contribution in [-0.4, -0.2) is 55.4 Å². The van der Waals surface area contributed by atoms with E-state index in [0.717, 1.165) is 11.3 Å². The van der Waals surface area contributed by atoms with Crippen molar-refractivity contribution in [2.24, 2.45) is 23.5 Å². The number of alkyl halides is 3. The summed E-state index contributed by atoms with van der Waals surface area (Å²) >= 11 is 0. The summed E-state index contributed by atoms with van der Waals surface area (Å²) in [5, 5.41) is 2.83. The Morgan fingerprint density at radius 2 is 1.79 bits per heavy atom. The summed E-state index contributed by atoms with van der Waals surface area (Å²) in [5.41, 5.74) is 7.70. The van der Waals surface area contributed by atoms with E-state index < -0.39 is 40.0 Å². The van der Waals surface area contributed by atoms with Gasteiger partial charge in [-0.25, -0.2) is 13.2 Å². The van der Waals surface area contributed by atoms with E-state index in [9.17, 15) is 31.2 Å². The molecule has 1 aliphatic heterocycles. The van der Waals surface area contributed by atoms with Gasteiger partial charge in [-0.15, -0.1) is 0 Å². The third-order valence-electron chi connectivity index (χ3n) is 8.46. The van der Waals surface area contributed by atoms with Crippen LogP contribution >= 0.6 is 0 Å². The topological polar surface area (TPSA) is 132 Å². The maximum atomic E-state index is 13.3. The Balaban J connectivity index is 1.48. The van der Waals surface area contributed by atoms with Gasteiger partial charge in [0.25, 0.3) is 5.91 Å². The van der Waals surface area contributed by atoms with Crippen molar-refractivity contribution in [1.29, 1.82) is 0 Å². The van der Waals surface area contributed by atoms with Crippen LogP contribution in [0.1, 0.15) is 85.7 Å². The molecule has 2 amide bonds. The molecular weight excluding hydrogens is 585 g/mol. The SMILES string of the molecule is CCS(=O)(=O)c1ccc([C@@H](COC(N)=O)NC(=O)c2cnc3c(c2)CN(CC2CCC(C(F)(F)F)CC2)C3C(C)C)cc1. The van der Waals surface area contributed by atoms with E-state index in [2.05, 4.69) is 29.0 Å². The van der Waals surface area contributed by atoms with Gasteiger partial charge in [0, 0.05) is 19.3 Å². The normalized spacial score (nSPS) is 21.8. The van der Waals surface area contributed by atoms with Crippen molar-refractivity contribution < 1.29 is 35.9 Å². The van der Waals surface area contributed by atoms with Gasteiger partial charge in [-0.3, -0.25) is 14.7 Å². The number of primary amides is 1. The summed E-state index contributed by atoms with van der Waals surface area (Å²) in [5.74, 6) is -1.38. The Morgan fingerprint density at radius 1 is 1.14 bits per heavy atom. The van der Waals surface area contributed by atoms with E-state index in [-0.39, 0.29) is 48.0 Å². The Bertz CT molecular complexity index is 1410. The van der Waals surface area contributed by atoms with Gasteiger partial charge in [0.1, 0.15) is 6.61 Å². The summed E-state index contributed by atoms with van der Waals surface area (Å²) in [7, 11) is -3.42. The van der Waals surface area contributed by atoms with Crippen molar-refractivity contribution in [2.45, 2.75) is 76.2 Å². The molecule has 43 heavy (non-hydrogen) atoms. The Labute approximate surface area is 250 Å². The van der Waals surface area contributed by atoms with Gasteiger partial charge >= 0.3 is 12.3 Å². The van der Waals surface area contributed by atoms with E-state index in [0.29, 0.717) is 37.1 Å². The Kier molecular flexibility index (Phi) is 10.1. The first-order valence-electron chi connectivity index (χ1n) is 14.5. The second-order valence-electron chi connectivity index (χ2n) is 11.8. The number of carbonyl (C=O) groups excluding carboxylic acids is 2. The number of benzene rings is 1. The van der Waals surface area contributed by atoms with Crippen molar-refractivity contribution in [3.05, 3.63) is 58.9 Å². The molecule has 3 N–H and O–H groups in total. The predicted octanol–water partition coefficient (Wildman–Crippen LogP) is 5.32. The molecule has 1 saturated carbocycles. The summed E-state index contributed by atoms with van der Waals surface area (Å²) in [6, 6.07) is 6.92. The molecular formula is C30H39F3N4O5S. The molecule has 2 atom stereocenters. The molecule has 1 fully saturated rings. The number of halogens is 3. The third-order valence-corrected chi connectivity index (χ3v) is 10.2. The Morgan fingerprint density at radius 3 is 2.35 bits per heavy atom. The number of amides is 2. The number of nitrogens with zero attached hydrogens (tertiary/aromatic N) is 2. The summed E-state index contributed by atoms with van der Waals surface area (Å²) < 4.78 is 68.8. The number of pyridine rings is 1. The zero-order valence-corrected chi connectivity index (χ0v) is 25.4. The van der Waals surface area contributed by atoms with Gasteiger partial charge in [0.15, 0.2) is 9.84 Å². The second-order valence-corrected chi connectivity index (χ2v) is 14.1. The van der Waals surface area contributed by atoms with Crippen molar-refractivity contribution in [2.75, 3.05) is 18.9 Å². The number of ether oxygens (including phenoxy) is 1. The molecule has 0 saturated heterocycles. The predicted molar refractivity (Wildman–Crippen MR) is 154 cm³/mol. The molecule has 1 aromatic carbocycles. The van der Waals surface area contributed by atoms with Crippen LogP contribution in [0.15, 0.2) is 41.4 Å². The first-order chi connectivity index (χ1) is 20.2. The highest BCUT2D eigenvalue weighted by atomic mass is 32.2. The average Bonchev–Trinajstić information content (AvgIpc) is 3.32. The number of nitrogens with two attached hydrogens (primary N) is 1. The lowest BCUT2D eigenvalue weighted by Gasteiger charge is -2.35. The molecule has 0 bridgehead atoms. The van der Waals surface area contributed by atoms with Crippen molar-refractivity contribution >= 4 is 21.8 Å². The molecule has 2 aromatic rings. The van der Waals surface area contributed by atoms with Crippen LogP contribution in [0.4, 0.5) is 18.0 Å². The van der Waals surface area contributed by atoms with Crippen molar-refractivity contribution in [1.82, 2.24) is 15.2 Å². The fourth-order valence-corrected chi connectivity index (χ4v) is 7.03. The number of rotatable bonds is 10. The van der Waals surface area contributed by atoms with Crippen molar-refractivity contribution in [3.63, 3.8) is 0 Å². The van der Waals surface area contributed by atoms with Crippen molar-refractivity contribution in [3.8, 4) is 0 Å². The molecule has 2 heterocycles. The van der Waals surface area contributed by atoms with E-state index in [1.165, 1.54) is 18.3 Å². The molecule has 1 aromatic heterocycles. The number of nitrogens with one attached hydrogen (secondary N) is 1. The fraction of sp³-hybridized carbons (Fsp3) is 0.567. The molecule has 0 radical (unpaired) electrons. The smallest absolute Gasteiger partial charge is 0.404 e. The average molecular weight is 625 g/mol. The summed E-state index contributed by atoms with van der Waals surface area (Å²) in [6.07, 6.45) is -2.30. The first kappa shape index (κ1) is 32.7. The molecule has 13 heteroatoms. The second kappa shape index (κ2) is 13.2. The number of sulfone groups is 1. The molecule has 2 aliphatic rings. The van der Waals surface area contributed by atoms with Crippen LogP contribution < -0.4 is 11.1 Å². The molecule has 0 spiro atoms. The quantitative estimate of drug-likeness (QED) is 0.366. The lowest BCUT2D eigenvalue weighted by atomic mass is 9.81. The van der Waals surface area contributed by atoms with Gasteiger partial charge in [0.05, 0.1) is 39.9 Å². The minimum Gasteiger partial charge on any atom is -0.447 e. The van der Waals surface area contributed by atoms with Gasteiger partial charge in [0.2, 0.25) is 0 Å². The van der Waals surface area contributed by atoms with Crippen LogP contribution in [0.2, 0.25) is 0 Å². The van der Waals surface area contributed by atoms with E-state index >= 15 is 0 Å². The number of carbonyl (C=O) groups is 2. The largest absolute Gasteiger partial charge is 0.447 e. The van der Waals surface area contributed by atoms with Gasteiger partial charge in [-0.2, -0.15) is 13.2 Å². The molecule has 1 unspecified atom stereocenters. The zero-order chi connectivity index (χ0) is 31.5. The highest BCUT2D eigenvalue weighted by Crippen LogP contribution is 2.43. The molecule has 9 nitrogen and oxygen atoms in total. The molecule has 236 valence electrons. The summed E-state index contributed by atoms with van der Waals surface area (Å²) in [4.78, 5) is 31.7. The lowest BCUT2D eigenvalue weighted by Crippen LogP contribution is -2.35. The van der Waals surface area contributed by atoms with Crippen LogP contribution in [0.25, 0.3) is 0 Å². The van der Waals surface area contributed by atoms with Gasteiger partial charge in [-0.05, 0) is 66.8 Å². The lowest BCUT2D eigenvalue weighted by molar-refractivity contribution is -0.184. The maximum Gasteiger partial charge on any atom is 0.404 e. The van der Waals surface area contributed by atoms with Gasteiger partial charge < -0.3 is 15.8 Å². The van der Waals surface area contributed by atoms with Crippen LogP contribution in [-0.2, 0) is 21.1 Å². The number of hydrogen-bond donors (Lipinski definition) is 2. The van der Waals surface area contributed by atoms with Gasteiger partial charge in [-0.1, -0.05) is 32.9 Å². The summed E-state index contributed by atoms with van der Waals surface area (Å²) in [6.45, 7) is 6.64. The van der Waals surface area contributed by atoms with E-state index in [1.807, 2.05) is 0 Å². The fourth-order valence-electron chi connectivity index (χ4n) is 6.15. The van der Waals surface area contributed by atoms with Crippen LogP contribution in [0.3, 0.4) is 0 Å². The standard InChI is InChI=1S/C30H39F3N4O5S/c1-4-43(40,41)24-11-7-20(8-12-24)25(17-42-29(34)39)36-28(38)21-13-22-16-37(27(18(2)3)26(22)35-14-21)15-19-5-9-23(10-6-19)30(31,32)33/h7-8,11-14,18-19,23,25,27H,4-6,9-10,15-17H2,1-3H3,(H2,34,39)(H,36,38)/t19?,23?,25-,27?/m1/s1. The van der Waals surface area contributed by atoms with Crippen LogP contribution in [0, 0.1) is 17.8 Å². The molecule has 4 rings (SSSR count). The van der Waals surface area contributed by atoms with Crippen LogP contribution in [0.5, 0.6) is 0 Å². The minimum atomic E-state index is -4.14. The molecule has 1 aliphatic carbocycles. The highest BCUT2D eigenvalue weighted by Gasteiger charge is 2.42. The van der Waals surface area contributed by atoms with E-state index in [4.69, 9.17) is 10.5 Å². The number of fused-ring (bicyclic) bond motifs is 1. The number of aromatic nitrogens is 1. The highest BCUT2D eigenvalue weighted by molar-refractivity contribution is 7.91. The first-order valence-corrected chi connectivity index (χ1v) is 16.2.